The molecule has 0 aromatic carbocycles. The number of rotatable bonds is 7. The maximum Gasteiger partial charge on any atom is 0.330 e. The molecule has 0 radical (unpaired) electrons. The molecule has 4 nitrogen and oxygen atoms in total. The molecule has 0 bridgehead atoms. The Bertz CT molecular complexity index is 358. The van der Waals surface area contributed by atoms with Crippen molar-refractivity contribution in [3.63, 3.8) is 0 Å². The van der Waals surface area contributed by atoms with Crippen molar-refractivity contribution < 1.29 is 19.1 Å². The molecule has 1 N–H and O–H groups in total. The molecule has 0 aromatic heterocycles. The lowest BCUT2D eigenvalue weighted by Gasteiger charge is -2.37. The number of esters is 1. The van der Waals surface area contributed by atoms with Gasteiger partial charge >= 0.3 is 5.97 Å². The molecular weight excluding hydrogens is 284 g/mol. The Morgan fingerprint density at radius 3 is 2.24 bits per heavy atom. The zero-order chi connectivity index (χ0) is 16.8. The van der Waals surface area contributed by atoms with Gasteiger partial charge in [0.05, 0.1) is 13.2 Å². The van der Waals surface area contributed by atoms with Crippen molar-refractivity contribution in [3.05, 3.63) is 12.2 Å². The number of carbonyl (C=O) groups excluding carboxylic acids is 1. The highest BCUT2D eigenvalue weighted by molar-refractivity contribution is 6.74. The van der Waals surface area contributed by atoms with E-state index in [1.54, 1.807) is 6.08 Å². The molecule has 0 saturated heterocycles. The zero-order valence-corrected chi connectivity index (χ0v) is 15.8. The first-order valence-corrected chi connectivity index (χ1v) is 10.4. The number of carbonyl (C=O) groups is 1. The molecule has 0 aliphatic rings. The van der Waals surface area contributed by atoms with E-state index in [0.717, 1.165) is 0 Å². The van der Waals surface area contributed by atoms with Crippen LogP contribution < -0.4 is 0 Å². The molecule has 0 unspecified atom stereocenters. The molecule has 0 rings (SSSR count). The number of hydrogen-bond donors (Lipinski definition) is 1. The molecule has 124 valence electrons. The predicted molar refractivity (Wildman–Crippen MR) is 88.6 cm³/mol. The zero-order valence-electron chi connectivity index (χ0n) is 14.8. The standard InChI is InChI=1S/C16H32O4Si/c1-12(9-10-14(17)19-6)15(18)13(2)11-20-21(7,8)16(3,4)5/h9-10,12-13,15,18H,11H2,1-8H3/b10-9+/t12-,13-,15-/m1/s1. The fourth-order valence-electron chi connectivity index (χ4n) is 1.59. The largest absolute Gasteiger partial charge is 0.466 e. The third-order valence-electron chi connectivity index (χ3n) is 4.37. The third-order valence-corrected chi connectivity index (χ3v) is 8.87. The van der Waals surface area contributed by atoms with E-state index < -0.39 is 20.4 Å². The van der Waals surface area contributed by atoms with Crippen LogP contribution in [-0.2, 0) is 14.0 Å². The van der Waals surface area contributed by atoms with Gasteiger partial charge in [0.25, 0.3) is 0 Å². The van der Waals surface area contributed by atoms with Gasteiger partial charge < -0.3 is 14.3 Å². The summed E-state index contributed by atoms with van der Waals surface area (Å²) in [5.74, 6) is -0.516. The van der Waals surface area contributed by atoms with Crippen molar-refractivity contribution in [3.8, 4) is 0 Å². The van der Waals surface area contributed by atoms with Crippen molar-refractivity contribution in [2.75, 3.05) is 13.7 Å². The average Bonchev–Trinajstić information content (AvgIpc) is 2.39. The molecule has 0 saturated carbocycles. The van der Waals surface area contributed by atoms with Gasteiger partial charge in [-0.2, -0.15) is 0 Å². The van der Waals surface area contributed by atoms with Crippen LogP contribution in [0.1, 0.15) is 34.6 Å². The minimum atomic E-state index is -1.79. The minimum Gasteiger partial charge on any atom is -0.466 e. The second kappa shape index (κ2) is 8.10. The van der Waals surface area contributed by atoms with E-state index in [1.807, 2.05) is 13.8 Å². The summed E-state index contributed by atoms with van der Waals surface area (Å²) in [5, 5.41) is 10.5. The molecule has 0 aliphatic carbocycles. The lowest BCUT2D eigenvalue weighted by atomic mass is 9.94. The van der Waals surface area contributed by atoms with Gasteiger partial charge in [-0.05, 0) is 18.1 Å². The first-order chi connectivity index (χ1) is 9.42. The fourth-order valence-corrected chi connectivity index (χ4v) is 2.70. The summed E-state index contributed by atoms with van der Waals surface area (Å²) in [7, 11) is -0.457. The third kappa shape index (κ3) is 6.76. The fraction of sp³-hybridized carbons (Fsp3) is 0.812. The normalized spacial score (nSPS) is 17.6. The molecule has 0 amide bonds. The van der Waals surface area contributed by atoms with E-state index in [1.165, 1.54) is 13.2 Å². The summed E-state index contributed by atoms with van der Waals surface area (Å²) in [4.78, 5) is 11.1. The molecule has 3 atom stereocenters. The van der Waals surface area contributed by atoms with E-state index in [4.69, 9.17) is 4.43 Å². The van der Waals surface area contributed by atoms with Crippen LogP contribution in [0.5, 0.6) is 0 Å². The number of ether oxygens (including phenoxy) is 1. The highest BCUT2D eigenvalue weighted by atomic mass is 28.4. The summed E-state index contributed by atoms with van der Waals surface area (Å²) in [6, 6.07) is 0. The van der Waals surface area contributed by atoms with Gasteiger partial charge in [0, 0.05) is 24.5 Å². The Balaban J connectivity index is 4.49. The van der Waals surface area contributed by atoms with Crippen molar-refractivity contribution in [2.45, 2.75) is 58.9 Å². The van der Waals surface area contributed by atoms with Gasteiger partial charge in [0.15, 0.2) is 8.32 Å². The van der Waals surface area contributed by atoms with Crippen LogP contribution in [0.4, 0.5) is 0 Å². The smallest absolute Gasteiger partial charge is 0.330 e. The molecule has 0 fully saturated rings. The lowest BCUT2D eigenvalue weighted by molar-refractivity contribution is -0.134. The van der Waals surface area contributed by atoms with Crippen LogP contribution in [0.15, 0.2) is 12.2 Å². The van der Waals surface area contributed by atoms with Crippen molar-refractivity contribution in [1.82, 2.24) is 0 Å². The van der Waals surface area contributed by atoms with Crippen LogP contribution in [0.25, 0.3) is 0 Å². The first-order valence-electron chi connectivity index (χ1n) is 7.50. The van der Waals surface area contributed by atoms with Crippen molar-refractivity contribution in [1.29, 1.82) is 0 Å². The summed E-state index contributed by atoms with van der Waals surface area (Å²) in [5.41, 5.74) is 0. The Labute approximate surface area is 130 Å². The number of aliphatic hydroxyl groups is 1. The Morgan fingerprint density at radius 1 is 1.29 bits per heavy atom. The topological polar surface area (TPSA) is 55.8 Å². The van der Waals surface area contributed by atoms with Crippen LogP contribution in [0.2, 0.25) is 18.1 Å². The van der Waals surface area contributed by atoms with Crippen molar-refractivity contribution >= 4 is 14.3 Å². The van der Waals surface area contributed by atoms with E-state index in [2.05, 4.69) is 38.6 Å². The summed E-state index contributed by atoms with van der Waals surface area (Å²) < 4.78 is 10.7. The van der Waals surface area contributed by atoms with Crippen LogP contribution >= 0.6 is 0 Å². The summed E-state index contributed by atoms with van der Waals surface area (Å²) >= 11 is 0. The molecule has 0 aliphatic heterocycles. The lowest BCUT2D eigenvalue weighted by Crippen LogP contribution is -2.43. The van der Waals surface area contributed by atoms with Crippen LogP contribution in [-0.4, -0.2) is 39.2 Å². The van der Waals surface area contributed by atoms with E-state index in [-0.39, 0.29) is 16.9 Å². The average molecular weight is 317 g/mol. The maximum atomic E-state index is 11.1. The van der Waals surface area contributed by atoms with Crippen LogP contribution in [0, 0.1) is 11.8 Å². The molecule has 0 aromatic rings. The second-order valence-corrected chi connectivity index (χ2v) is 12.1. The highest BCUT2D eigenvalue weighted by Crippen LogP contribution is 2.37. The highest BCUT2D eigenvalue weighted by Gasteiger charge is 2.37. The summed E-state index contributed by atoms with van der Waals surface area (Å²) in [6.07, 6.45) is 2.49. The van der Waals surface area contributed by atoms with E-state index >= 15 is 0 Å². The van der Waals surface area contributed by atoms with Crippen LogP contribution in [0.3, 0.4) is 0 Å². The maximum absolute atomic E-state index is 11.1. The van der Waals surface area contributed by atoms with Gasteiger partial charge in [-0.25, -0.2) is 4.79 Å². The summed E-state index contributed by atoms with van der Waals surface area (Å²) in [6.45, 7) is 15.4. The number of methoxy groups -OCH3 is 1. The molecule has 5 heteroatoms. The molecule has 0 spiro atoms. The SMILES string of the molecule is COC(=O)/C=C/[C@@H](C)[C@@H](O)[C@H](C)CO[Si](C)(C)C(C)(C)C. The number of aliphatic hydroxyl groups excluding tert-OH is 1. The Hall–Kier alpha value is -0.653. The minimum absolute atomic E-state index is 0.0106. The van der Waals surface area contributed by atoms with Gasteiger partial charge in [0.2, 0.25) is 0 Å². The van der Waals surface area contributed by atoms with Crippen molar-refractivity contribution in [2.24, 2.45) is 11.8 Å². The Kier molecular flexibility index (Phi) is 7.85. The van der Waals surface area contributed by atoms with Gasteiger partial charge in [-0.1, -0.05) is 40.7 Å². The second-order valence-electron chi connectivity index (χ2n) is 7.28. The first kappa shape index (κ1) is 20.3. The predicted octanol–water partition coefficient (Wildman–Crippen LogP) is 3.37. The quantitative estimate of drug-likeness (QED) is 0.444. The molecule has 21 heavy (non-hydrogen) atoms. The van der Waals surface area contributed by atoms with Gasteiger partial charge in [0.1, 0.15) is 0 Å². The molecule has 0 heterocycles. The monoisotopic (exact) mass is 316 g/mol. The van der Waals surface area contributed by atoms with E-state index in [9.17, 15) is 9.90 Å². The Morgan fingerprint density at radius 2 is 1.81 bits per heavy atom. The molecular formula is C16H32O4Si. The van der Waals surface area contributed by atoms with E-state index in [0.29, 0.717) is 6.61 Å². The van der Waals surface area contributed by atoms with Gasteiger partial charge in [-0.3, -0.25) is 0 Å². The number of hydrogen-bond acceptors (Lipinski definition) is 4. The van der Waals surface area contributed by atoms with Gasteiger partial charge in [-0.15, -0.1) is 0 Å².